The van der Waals surface area contributed by atoms with Crippen LogP contribution in [0.4, 0.5) is 0 Å². The highest BCUT2D eigenvalue weighted by Gasteiger charge is 2.30. The van der Waals surface area contributed by atoms with Gasteiger partial charge in [0.1, 0.15) is 5.69 Å². The summed E-state index contributed by atoms with van der Waals surface area (Å²) in [5.41, 5.74) is 7.68. The van der Waals surface area contributed by atoms with E-state index in [0.29, 0.717) is 29.5 Å². The Morgan fingerprint density at radius 1 is 0.756 bits per heavy atom. The second kappa shape index (κ2) is 11.7. The van der Waals surface area contributed by atoms with Gasteiger partial charge in [-0.25, -0.2) is 4.68 Å². The highest BCUT2D eigenvalue weighted by Crippen LogP contribution is 2.32. The van der Waals surface area contributed by atoms with Crippen LogP contribution < -0.4 is 0 Å². The minimum Gasteiger partial charge on any atom is -0.335 e. The van der Waals surface area contributed by atoms with Gasteiger partial charge in [0.15, 0.2) is 0 Å². The number of piperazine rings is 1. The lowest BCUT2D eigenvalue weighted by Crippen LogP contribution is -2.50. The van der Waals surface area contributed by atoms with Crippen molar-refractivity contribution < 1.29 is 4.79 Å². The third-order valence-corrected chi connectivity index (χ3v) is 8.19. The molecule has 0 atom stereocenters. The summed E-state index contributed by atoms with van der Waals surface area (Å²) in [7, 11) is 0. The fraction of sp³-hybridized carbons (Fsp3) is 0.200. The molecule has 0 aliphatic carbocycles. The van der Waals surface area contributed by atoms with Crippen LogP contribution >= 0.6 is 11.6 Å². The number of aryl methyl sites for hydroxylation is 2. The Balaban J connectivity index is 1.30. The standard InChI is InChI=1S/C35H33ClN4O/c1-25-17-18-32(26(2)23-25)40-33(24-31(37-40)29-15-9-10-16-30(29)36)35(41)39-21-19-38(20-22-39)34(27-11-5-3-6-12-27)28-13-7-4-8-14-28/h3-18,23-24,34H,19-22H2,1-2H3. The van der Waals surface area contributed by atoms with Gasteiger partial charge in [0.05, 0.1) is 22.4 Å². The molecule has 1 fully saturated rings. The lowest BCUT2D eigenvalue weighted by Gasteiger charge is -2.39. The summed E-state index contributed by atoms with van der Waals surface area (Å²) in [6, 6.07) is 37.1. The zero-order valence-electron chi connectivity index (χ0n) is 23.4. The molecule has 0 saturated carbocycles. The highest BCUT2D eigenvalue weighted by molar-refractivity contribution is 6.33. The van der Waals surface area contributed by atoms with Gasteiger partial charge in [-0.3, -0.25) is 9.69 Å². The quantitative estimate of drug-likeness (QED) is 0.218. The molecule has 6 heteroatoms. The molecule has 1 aliphatic heterocycles. The van der Waals surface area contributed by atoms with Crippen LogP contribution in [0.1, 0.15) is 38.8 Å². The van der Waals surface area contributed by atoms with Crippen LogP contribution in [0.3, 0.4) is 0 Å². The number of rotatable bonds is 6. The molecule has 0 N–H and O–H groups in total. The van der Waals surface area contributed by atoms with Gasteiger partial charge in [-0.1, -0.05) is 108 Å². The number of nitrogens with zero attached hydrogens (tertiary/aromatic N) is 4. The van der Waals surface area contributed by atoms with E-state index in [1.54, 1.807) is 4.68 Å². The molecule has 1 saturated heterocycles. The van der Waals surface area contributed by atoms with E-state index in [-0.39, 0.29) is 11.9 Å². The van der Waals surface area contributed by atoms with Gasteiger partial charge in [-0.05, 0) is 48.7 Å². The van der Waals surface area contributed by atoms with Crippen molar-refractivity contribution in [2.45, 2.75) is 19.9 Å². The van der Waals surface area contributed by atoms with E-state index in [2.05, 4.69) is 91.5 Å². The number of carbonyl (C=O) groups excluding carboxylic acids is 1. The summed E-state index contributed by atoms with van der Waals surface area (Å²) in [5, 5.41) is 5.52. The maximum absolute atomic E-state index is 14.1. The molecule has 0 spiro atoms. The first-order valence-electron chi connectivity index (χ1n) is 14.1. The predicted octanol–water partition coefficient (Wildman–Crippen LogP) is 7.36. The Labute approximate surface area is 246 Å². The molecule has 5 nitrogen and oxygen atoms in total. The van der Waals surface area contributed by atoms with Crippen LogP contribution in [0, 0.1) is 13.8 Å². The molecule has 1 aliphatic rings. The summed E-state index contributed by atoms with van der Waals surface area (Å²) in [4.78, 5) is 18.6. The first-order valence-corrected chi connectivity index (χ1v) is 14.4. The van der Waals surface area contributed by atoms with Crippen LogP contribution in [-0.4, -0.2) is 51.7 Å². The molecule has 0 bridgehead atoms. The van der Waals surface area contributed by atoms with Crippen LogP contribution in [-0.2, 0) is 0 Å². The van der Waals surface area contributed by atoms with Gasteiger partial charge >= 0.3 is 0 Å². The number of halogens is 1. The lowest BCUT2D eigenvalue weighted by molar-refractivity contribution is 0.0588. The smallest absolute Gasteiger partial charge is 0.272 e. The summed E-state index contributed by atoms with van der Waals surface area (Å²) in [5.74, 6) is -0.0219. The van der Waals surface area contributed by atoms with E-state index in [1.807, 2.05) is 41.3 Å². The van der Waals surface area contributed by atoms with E-state index in [1.165, 1.54) is 16.7 Å². The van der Waals surface area contributed by atoms with Crippen LogP contribution in [0.25, 0.3) is 16.9 Å². The van der Waals surface area contributed by atoms with Crippen molar-refractivity contribution in [3.8, 4) is 16.9 Å². The molecule has 2 heterocycles. The average Bonchev–Trinajstić information content (AvgIpc) is 3.43. The van der Waals surface area contributed by atoms with Crippen molar-refractivity contribution in [2.75, 3.05) is 26.2 Å². The lowest BCUT2D eigenvalue weighted by atomic mass is 9.96. The van der Waals surface area contributed by atoms with Crippen molar-refractivity contribution >= 4 is 17.5 Å². The van der Waals surface area contributed by atoms with Gasteiger partial charge in [0.25, 0.3) is 5.91 Å². The molecule has 1 amide bonds. The van der Waals surface area contributed by atoms with E-state index in [0.717, 1.165) is 29.9 Å². The molecule has 1 aromatic heterocycles. The summed E-state index contributed by atoms with van der Waals surface area (Å²) in [6.45, 7) is 6.94. The monoisotopic (exact) mass is 560 g/mol. The van der Waals surface area contributed by atoms with Crippen molar-refractivity contribution in [2.24, 2.45) is 0 Å². The zero-order valence-corrected chi connectivity index (χ0v) is 24.1. The Hall–Kier alpha value is -4.19. The zero-order chi connectivity index (χ0) is 28.3. The van der Waals surface area contributed by atoms with Crippen molar-refractivity contribution in [3.63, 3.8) is 0 Å². The number of hydrogen-bond acceptors (Lipinski definition) is 3. The Morgan fingerprint density at radius 3 is 1.98 bits per heavy atom. The molecular weight excluding hydrogens is 528 g/mol. The molecule has 206 valence electrons. The fourth-order valence-electron chi connectivity index (χ4n) is 5.79. The van der Waals surface area contributed by atoms with Crippen LogP contribution in [0.15, 0.2) is 109 Å². The third kappa shape index (κ3) is 5.56. The summed E-state index contributed by atoms with van der Waals surface area (Å²) < 4.78 is 1.79. The van der Waals surface area contributed by atoms with Crippen molar-refractivity contribution in [3.05, 3.63) is 142 Å². The van der Waals surface area contributed by atoms with Gasteiger partial charge in [0, 0.05) is 31.7 Å². The fourth-order valence-corrected chi connectivity index (χ4v) is 6.02. The Kier molecular flexibility index (Phi) is 7.73. The van der Waals surface area contributed by atoms with E-state index in [4.69, 9.17) is 16.7 Å². The normalized spacial score (nSPS) is 14.0. The van der Waals surface area contributed by atoms with Crippen LogP contribution in [0.5, 0.6) is 0 Å². The average molecular weight is 561 g/mol. The molecule has 0 radical (unpaired) electrons. The summed E-state index contributed by atoms with van der Waals surface area (Å²) in [6.07, 6.45) is 0. The Bertz CT molecular complexity index is 1620. The second-order valence-electron chi connectivity index (χ2n) is 10.6. The molecule has 5 aromatic rings. The summed E-state index contributed by atoms with van der Waals surface area (Å²) >= 11 is 6.54. The molecule has 4 aromatic carbocycles. The first-order chi connectivity index (χ1) is 20.0. The minimum atomic E-state index is -0.0219. The van der Waals surface area contributed by atoms with Crippen molar-refractivity contribution in [1.29, 1.82) is 0 Å². The predicted molar refractivity (Wildman–Crippen MR) is 166 cm³/mol. The molecule has 6 rings (SSSR count). The Morgan fingerprint density at radius 2 is 1.37 bits per heavy atom. The molecule has 41 heavy (non-hydrogen) atoms. The maximum Gasteiger partial charge on any atom is 0.272 e. The van der Waals surface area contributed by atoms with E-state index in [9.17, 15) is 4.79 Å². The SMILES string of the molecule is Cc1ccc(-n2nc(-c3ccccc3Cl)cc2C(=O)N2CCN(C(c3ccccc3)c3ccccc3)CC2)c(C)c1. The van der Waals surface area contributed by atoms with E-state index >= 15 is 0 Å². The number of amides is 1. The van der Waals surface area contributed by atoms with Gasteiger partial charge in [-0.2, -0.15) is 5.10 Å². The number of carbonyl (C=O) groups is 1. The van der Waals surface area contributed by atoms with Crippen molar-refractivity contribution in [1.82, 2.24) is 19.6 Å². The van der Waals surface area contributed by atoms with Crippen LogP contribution in [0.2, 0.25) is 5.02 Å². The van der Waals surface area contributed by atoms with E-state index < -0.39 is 0 Å². The van der Waals surface area contributed by atoms with Gasteiger partial charge in [0.2, 0.25) is 0 Å². The molecule has 0 unspecified atom stereocenters. The topological polar surface area (TPSA) is 41.4 Å². The number of hydrogen-bond donors (Lipinski definition) is 0. The number of aromatic nitrogens is 2. The largest absolute Gasteiger partial charge is 0.335 e. The highest BCUT2D eigenvalue weighted by atomic mass is 35.5. The third-order valence-electron chi connectivity index (χ3n) is 7.86. The maximum atomic E-state index is 14.1. The first kappa shape index (κ1) is 27.0. The number of benzene rings is 4. The minimum absolute atomic E-state index is 0.0219. The second-order valence-corrected chi connectivity index (χ2v) is 11.1. The van der Waals surface area contributed by atoms with Gasteiger partial charge < -0.3 is 4.90 Å². The van der Waals surface area contributed by atoms with Gasteiger partial charge in [-0.15, -0.1) is 0 Å². The molecular formula is C35H33ClN4O.